The summed E-state index contributed by atoms with van der Waals surface area (Å²) in [6, 6.07) is 0. The molecule has 0 aromatic carbocycles. The van der Waals surface area contributed by atoms with Crippen LogP contribution in [0.2, 0.25) is 0 Å². The molecule has 0 fully saturated rings. The van der Waals surface area contributed by atoms with E-state index in [1.807, 2.05) is 0 Å². The maximum absolute atomic E-state index is 3.51. The van der Waals surface area contributed by atoms with E-state index in [0.717, 1.165) is 13.1 Å². The van der Waals surface area contributed by atoms with E-state index < -0.39 is 0 Å². The Balaban J connectivity index is 3.00. The largest absolute Gasteiger partial charge is 0.305 e. The molecule has 2 nitrogen and oxygen atoms in total. The van der Waals surface area contributed by atoms with Gasteiger partial charge in [0.2, 0.25) is 0 Å². The summed E-state index contributed by atoms with van der Waals surface area (Å²) in [5, 5.41) is 6.54. The molecule has 0 aromatic rings. The third kappa shape index (κ3) is 6.26. The Morgan fingerprint density at radius 2 is 1.50 bits per heavy atom. The van der Waals surface area contributed by atoms with Crippen molar-refractivity contribution < 1.29 is 0 Å². The van der Waals surface area contributed by atoms with Crippen molar-refractivity contribution in [1.29, 1.82) is 0 Å². The van der Waals surface area contributed by atoms with Gasteiger partial charge in [0.1, 0.15) is 0 Å². The monoisotopic (exact) mass is 157 g/mol. The Morgan fingerprint density at radius 3 is 1.80 bits per heavy atom. The molecule has 0 aliphatic carbocycles. The topological polar surface area (TPSA) is 24.1 Å². The molecule has 3 radical (unpaired) electrons. The number of hydrogen-bond donors (Lipinski definition) is 2. The van der Waals surface area contributed by atoms with Gasteiger partial charge in [-0.05, 0) is 25.9 Å². The minimum absolute atomic E-state index is 0.278. The molecule has 2 N–H and O–H groups in total. The van der Waals surface area contributed by atoms with Crippen molar-refractivity contribution >= 4 is 10.2 Å². The lowest BCUT2D eigenvalue weighted by molar-refractivity contribution is 0.530. The van der Waals surface area contributed by atoms with Gasteiger partial charge >= 0.3 is 0 Å². The van der Waals surface area contributed by atoms with Crippen LogP contribution >= 0.6 is 0 Å². The predicted molar refractivity (Wildman–Crippen MR) is 46.1 cm³/mol. The van der Waals surface area contributed by atoms with Crippen molar-refractivity contribution in [1.82, 2.24) is 10.6 Å². The molecule has 0 saturated carbocycles. The highest BCUT2D eigenvalue weighted by atomic mass is 28.1. The molecule has 0 heterocycles. The number of hydrogen-bond acceptors (Lipinski definition) is 2. The van der Waals surface area contributed by atoms with Crippen LogP contribution < -0.4 is 10.6 Å². The standard InChI is InChI=1S/C7H17N2Si/c1-3-5-8-7(10)9-6-4-2/h7-9H,3-6H2,1-2H3. The van der Waals surface area contributed by atoms with Gasteiger partial charge in [0.15, 0.2) is 0 Å². The lowest BCUT2D eigenvalue weighted by atomic mass is 10.5. The lowest BCUT2D eigenvalue weighted by Crippen LogP contribution is -2.43. The summed E-state index contributed by atoms with van der Waals surface area (Å²) >= 11 is 0. The van der Waals surface area contributed by atoms with Gasteiger partial charge in [-0.3, -0.25) is 0 Å². The van der Waals surface area contributed by atoms with Gasteiger partial charge in [-0.15, -0.1) is 0 Å². The zero-order valence-electron chi connectivity index (χ0n) is 6.91. The lowest BCUT2D eigenvalue weighted by Gasteiger charge is -2.13. The van der Waals surface area contributed by atoms with Crippen molar-refractivity contribution in [3.05, 3.63) is 0 Å². The smallest absolute Gasteiger partial charge is 0.0696 e. The van der Waals surface area contributed by atoms with Crippen molar-refractivity contribution in [3.8, 4) is 0 Å². The van der Waals surface area contributed by atoms with Gasteiger partial charge in [-0.1, -0.05) is 13.8 Å². The maximum Gasteiger partial charge on any atom is 0.0696 e. The molecule has 3 heteroatoms. The molecule has 0 atom stereocenters. The summed E-state index contributed by atoms with van der Waals surface area (Å²) in [7, 11) is 3.51. The molecule has 0 spiro atoms. The van der Waals surface area contributed by atoms with E-state index in [1.165, 1.54) is 12.8 Å². The fourth-order valence-electron chi connectivity index (χ4n) is 0.650. The highest BCUT2D eigenvalue weighted by Crippen LogP contribution is 1.75. The second-order valence-electron chi connectivity index (χ2n) is 2.34. The SMILES string of the molecule is CCCNC([Si])NCCC. The van der Waals surface area contributed by atoms with Crippen molar-refractivity contribution in [2.45, 2.75) is 32.5 Å². The molecular formula is C7H17N2Si. The Bertz CT molecular complexity index is 60.6. The van der Waals surface area contributed by atoms with Crippen LogP contribution in [0.5, 0.6) is 0 Å². The summed E-state index contributed by atoms with van der Waals surface area (Å²) in [6.45, 7) is 6.44. The number of rotatable bonds is 6. The summed E-state index contributed by atoms with van der Waals surface area (Å²) in [5.74, 6) is 0.278. The van der Waals surface area contributed by atoms with Gasteiger partial charge in [0, 0.05) is 5.79 Å². The van der Waals surface area contributed by atoms with Gasteiger partial charge in [0.05, 0.1) is 10.2 Å². The van der Waals surface area contributed by atoms with Crippen LogP contribution in [-0.4, -0.2) is 29.1 Å². The van der Waals surface area contributed by atoms with E-state index in [0.29, 0.717) is 0 Å². The van der Waals surface area contributed by atoms with Crippen LogP contribution in [0.4, 0.5) is 0 Å². The van der Waals surface area contributed by atoms with Gasteiger partial charge in [0.25, 0.3) is 0 Å². The molecule has 0 aliphatic heterocycles. The van der Waals surface area contributed by atoms with Crippen LogP contribution in [0, 0.1) is 0 Å². The molecular weight excluding hydrogens is 140 g/mol. The average molecular weight is 157 g/mol. The molecule has 59 valence electrons. The maximum atomic E-state index is 3.51. The van der Waals surface area contributed by atoms with Gasteiger partial charge < -0.3 is 10.6 Å². The highest BCUT2D eigenvalue weighted by molar-refractivity contribution is 6.11. The predicted octanol–water partition coefficient (Wildman–Crippen LogP) is 0.438. The summed E-state index contributed by atoms with van der Waals surface area (Å²) < 4.78 is 0. The molecule has 10 heavy (non-hydrogen) atoms. The summed E-state index contributed by atoms with van der Waals surface area (Å²) in [4.78, 5) is 0. The molecule has 0 aromatic heterocycles. The fraction of sp³-hybridized carbons (Fsp3) is 1.00. The Kier molecular flexibility index (Phi) is 7.35. The first-order chi connectivity index (χ1) is 4.81. The van der Waals surface area contributed by atoms with Gasteiger partial charge in [-0.25, -0.2) is 0 Å². The zero-order valence-corrected chi connectivity index (χ0v) is 7.91. The summed E-state index contributed by atoms with van der Waals surface area (Å²) in [6.07, 6.45) is 2.35. The Morgan fingerprint density at radius 1 is 1.10 bits per heavy atom. The van der Waals surface area contributed by atoms with E-state index in [-0.39, 0.29) is 5.79 Å². The quantitative estimate of drug-likeness (QED) is 0.432. The van der Waals surface area contributed by atoms with E-state index in [4.69, 9.17) is 0 Å². The second-order valence-corrected chi connectivity index (χ2v) is 2.92. The van der Waals surface area contributed by atoms with Crippen LogP contribution in [0.25, 0.3) is 0 Å². The molecule has 0 amide bonds. The molecule has 0 unspecified atom stereocenters. The van der Waals surface area contributed by atoms with E-state index in [9.17, 15) is 0 Å². The summed E-state index contributed by atoms with van der Waals surface area (Å²) in [5.41, 5.74) is 0. The minimum atomic E-state index is 0.278. The Hall–Kier alpha value is 0.137. The average Bonchev–Trinajstić information content (AvgIpc) is 1.97. The highest BCUT2D eigenvalue weighted by Gasteiger charge is 1.95. The van der Waals surface area contributed by atoms with Crippen LogP contribution in [0.1, 0.15) is 26.7 Å². The molecule has 0 bridgehead atoms. The van der Waals surface area contributed by atoms with E-state index in [2.05, 4.69) is 34.7 Å². The van der Waals surface area contributed by atoms with Crippen molar-refractivity contribution in [2.75, 3.05) is 13.1 Å². The molecule has 0 rings (SSSR count). The fourth-order valence-corrected chi connectivity index (χ4v) is 0.938. The molecule has 0 aliphatic rings. The third-order valence-electron chi connectivity index (χ3n) is 1.20. The first-order valence-electron chi connectivity index (χ1n) is 3.99. The van der Waals surface area contributed by atoms with Crippen molar-refractivity contribution in [3.63, 3.8) is 0 Å². The van der Waals surface area contributed by atoms with Crippen molar-refractivity contribution in [2.24, 2.45) is 0 Å². The van der Waals surface area contributed by atoms with Crippen LogP contribution in [0.15, 0.2) is 0 Å². The molecule has 0 saturated heterocycles. The minimum Gasteiger partial charge on any atom is -0.305 e. The van der Waals surface area contributed by atoms with Crippen LogP contribution in [-0.2, 0) is 0 Å². The first kappa shape index (κ1) is 10.1. The van der Waals surface area contributed by atoms with E-state index >= 15 is 0 Å². The third-order valence-corrected chi connectivity index (χ3v) is 1.61. The normalized spacial score (nSPS) is 10.8. The van der Waals surface area contributed by atoms with Gasteiger partial charge in [-0.2, -0.15) is 0 Å². The van der Waals surface area contributed by atoms with E-state index in [1.54, 1.807) is 0 Å². The zero-order chi connectivity index (χ0) is 7.82. The van der Waals surface area contributed by atoms with Crippen LogP contribution in [0.3, 0.4) is 0 Å². The first-order valence-corrected chi connectivity index (χ1v) is 4.56. The Labute approximate surface area is 67.2 Å². The number of nitrogens with one attached hydrogen (secondary N) is 2. The second kappa shape index (κ2) is 7.25.